The molecule has 2 N–H and O–H groups in total. The first-order valence-electron chi connectivity index (χ1n) is 8.20. The molecule has 1 fully saturated rings. The summed E-state index contributed by atoms with van der Waals surface area (Å²) in [5.74, 6) is 0.302. The average Bonchev–Trinajstić information content (AvgIpc) is 2.59. The largest absolute Gasteiger partial charge is 0.508 e. The molecule has 3 rings (SSSR count). The number of hydrogen-bond acceptors (Lipinski definition) is 3. The maximum atomic E-state index is 9.40. The SMILES string of the molecule is Cc1ccc(C)c(NC(=S)N2CCN(c3ccc(O)cc3)CC2)c1. The van der Waals surface area contributed by atoms with Crippen LogP contribution in [0.15, 0.2) is 42.5 Å². The number of piperazine rings is 1. The molecule has 5 heteroatoms. The van der Waals surface area contributed by atoms with Gasteiger partial charge in [0.1, 0.15) is 5.75 Å². The minimum Gasteiger partial charge on any atom is -0.508 e. The van der Waals surface area contributed by atoms with Gasteiger partial charge in [-0.05, 0) is 67.5 Å². The van der Waals surface area contributed by atoms with Gasteiger partial charge in [-0.25, -0.2) is 0 Å². The smallest absolute Gasteiger partial charge is 0.173 e. The Morgan fingerprint density at radius 2 is 1.67 bits per heavy atom. The van der Waals surface area contributed by atoms with Gasteiger partial charge < -0.3 is 20.2 Å². The number of thiocarbonyl (C=S) groups is 1. The monoisotopic (exact) mass is 341 g/mol. The first kappa shape index (κ1) is 16.6. The minimum atomic E-state index is 0.302. The van der Waals surface area contributed by atoms with Crippen molar-refractivity contribution in [3.63, 3.8) is 0 Å². The van der Waals surface area contributed by atoms with Crippen LogP contribution in [0.1, 0.15) is 11.1 Å². The molecule has 2 aromatic rings. The summed E-state index contributed by atoms with van der Waals surface area (Å²) in [6.07, 6.45) is 0. The Morgan fingerprint density at radius 3 is 2.33 bits per heavy atom. The highest BCUT2D eigenvalue weighted by Gasteiger charge is 2.19. The average molecular weight is 341 g/mol. The van der Waals surface area contributed by atoms with Crippen LogP contribution in [-0.2, 0) is 0 Å². The number of nitrogens with one attached hydrogen (secondary N) is 1. The summed E-state index contributed by atoms with van der Waals surface area (Å²) in [6.45, 7) is 7.78. The predicted octanol–water partition coefficient (Wildman–Crippen LogP) is 3.53. The highest BCUT2D eigenvalue weighted by Crippen LogP contribution is 2.21. The molecule has 0 unspecified atom stereocenters. The number of nitrogens with zero attached hydrogens (tertiary/aromatic N) is 2. The minimum absolute atomic E-state index is 0.302. The molecule has 0 bridgehead atoms. The number of rotatable bonds is 2. The van der Waals surface area contributed by atoms with Gasteiger partial charge in [0.25, 0.3) is 0 Å². The zero-order valence-corrected chi connectivity index (χ0v) is 14.9. The van der Waals surface area contributed by atoms with Crippen molar-refractivity contribution in [1.29, 1.82) is 0 Å². The van der Waals surface area contributed by atoms with Crippen molar-refractivity contribution in [2.24, 2.45) is 0 Å². The van der Waals surface area contributed by atoms with Crippen LogP contribution in [0.25, 0.3) is 0 Å². The van der Waals surface area contributed by atoms with Crippen LogP contribution in [0.3, 0.4) is 0 Å². The topological polar surface area (TPSA) is 38.7 Å². The van der Waals surface area contributed by atoms with Crippen molar-refractivity contribution >= 4 is 28.7 Å². The maximum absolute atomic E-state index is 9.40. The molecular formula is C19H23N3OS. The van der Waals surface area contributed by atoms with E-state index in [2.05, 4.69) is 47.2 Å². The molecule has 1 heterocycles. The third-order valence-electron chi connectivity index (χ3n) is 4.42. The Hall–Kier alpha value is -2.27. The van der Waals surface area contributed by atoms with E-state index < -0.39 is 0 Å². The van der Waals surface area contributed by atoms with Crippen LogP contribution >= 0.6 is 12.2 Å². The molecule has 24 heavy (non-hydrogen) atoms. The van der Waals surface area contributed by atoms with Gasteiger partial charge >= 0.3 is 0 Å². The van der Waals surface area contributed by atoms with Crippen molar-refractivity contribution in [2.45, 2.75) is 13.8 Å². The van der Waals surface area contributed by atoms with Gasteiger partial charge in [0, 0.05) is 37.6 Å². The van der Waals surface area contributed by atoms with Crippen LogP contribution < -0.4 is 10.2 Å². The molecule has 0 saturated carbocycles. The number of anilines is 2. The van der Waals surface area contributed by atoms with Gasteiger partial charge in [-0.1, -0.05) is 12.1 Å². The Balaban J connectivity index is 1.59. The van der Waals surface area contributed by atoms with E-state index in [1.807, 2.05) is 12.1 Å². The lowest BCUT2D eigenvalue weighted by molar-refractivity contribution is 0.391. The molecule has 0 atom stereocenters. The predicted molar refractivity (Wildman–Crippen MR) is 104 cm³/mol. The zero-order chi connectivity index (χ0) is 17.1. The lowest BCUT2D eigenvalue weighted by atomic mass is 10.1. The quantitative estimate of drug-likeness (QED) is 0.818. The summed E-state index contributed by atoms with van der Waals surface area (Å²) in [4.78, 5) is 4.53. The summed E-state index contributed by atoms with van der Waals surface area (Å²) in [5, 5.41) is 13.6. The fourth-order valence-corrected chi connectivity index (χ4v) is 3.19. The number of phenolic OH excluding ortho intramolecular Hbond substituents is 1. The highest BCUT2D eigenvalue weighted by atomic mass is 32.1. The van der Waals surface area contributed by atoms with Crippen molar-refractivity contribution in [3.8, 4) is 5.75 Å². The first-order chi connectivity index (χ1) is 11.5. The van der Waals surface area contributed by atoms with Gasteiger partial charge in [0.2, 0.25) is 0 Å². The van der Waals surface area contributed by atoms with Crippen LogP contribution in [0.5, 0.6) is 5.75 Å². The number of benzene rings is 2. The molecule has 1 aliphatic heterocycles. The molecule has 126 valence electrons. The van der Waals surface area contributed by atoms with Gasteiger partial charge in [-0.15, -0.1) is 0 Å². The normalized spacial score (nSPS) is 14.6. The van der Waals surface area contributed by atoms with E-state index in [4.69, 9.17) is 12.2 Å². The summed E-state index contributed by atoms with van der Waals surface area (Å²) in [5.41, 5.74) is 4.65. The summed E-state index contributed by atoms with van der Waals surface area (Å²) in [6, 6.07) is 13.7. The molecule has 0 radical (unpaired) electrons. The van der Waals surface area contributed by atoms with Crippen LogP contribution in [-0.4, -0.2) is 41.3 Å². The number of phenols is 1. The standard InChI is InChI=1S/C19H23N3OS/c1-14-3-4-15(2)18(13-14)20-19(24)22-11-9-21(10-12-22)16-5-7-17(23)8-6-16/h3-8,13,23H,9-12H2,1-2H3,(H,20,24). The Morgan fingerprint density at radius 1 is 1.00 bits per heavy atom. The fraction of sp³-hybridized carbons (Fsp3) is 0.316. The molecule has 2 aromatic carbocycles. The molecule has 1 aliphatic rings. The van der Waals surface area contributed by atoms with E-state index in [1.54, 1.807) is 12.1 Å². The van der Waals surface area contributed by atoms with Crippen molar-refractivity contribution in [1.82, 2.24) is 4.90 Å². The molecule has 4 nitrogen and oxygen atoms in total. The first-order valence-corrected chi connectivity index (χ1v) is 8.61. The van der Waals surface area contributed by atoms with E-state index >= 15 is 0 Å². The Labute approximate surface area is 148 Å². The second-order valence-corrected chi connectivity index (χ2v) is 6.63. The van der Waals surface area contributed by atoms with Crippen molar-refractivity contribution in [2.75, 3.05) is 36.4 Å². The molecule has 0 amide bonds. The molecule has 0 aromatic heterocycles. The van der Waals surface area contributed by atoms with Crippen LogP contribution in [0, 0.1) is 13.8 Å². The van der Waals surface area contributed by atoms with Gasteiger partial charge in [0.15, 0.2) is 5.11 Å². The molecule has 0 aliphatic carbocycles. The second-order valence-electron chi connectivity index (χ2n) is 6.24. The van der Waals surface area contributed by atoms with Gasteiger partial charge in [-0.2, -0.15) is 0 Å². The number of aryl methyl sites for hydroxylation is 2. The fourth-order valence-electron chi connectivity index (χ4n) is 2.90. The Bertz CT molecular complexity index is 722. The van der Waals surface area contributed by atoms with Crippen molar-refractivity contribution in [3.05, 3.63) is 53.6 Å². The molecule has 0 spiro atoms. The summed E-state index contributed by atoms with van der Waals surface area (Å²) in [7, 11) is 0. The second kappa shape index (κ2) is 7.09. The zero-order valence-electron chi connectivity index (χ0n) is 14.1. The summed E-state index contributed by atoms with van der Waals surface area (Å²) >= 11 is 5.59. The van der Waals surface area contributed by atoms with Gasteiger partial charge in [-0.3, -0.25) is 0 Å². The number of hydrogen-bond donors (Lipinski definition) is 2. The van der Waals surface area contributed by atoms with Crippen LogP contribution in [0.4, 0.5) is 11.4 Å². The highest BCUT2D eigenvalue weighted by molar-refractivity contribution is 7.80. The van der Waals surface area contributed by atoms with E-state index in [9.17, 15) is 5.11 Å². The van der Waals surface area contributed by atoms with Gasteiger partial charge in [0.05, 0.1) is 0 Å². The molecule has 1 saturated heterocycles. The summed E-state index contributed by atoms with van der Waals surface area (Å²) < 4.78 is 0. The van der Waals surface area contributed by atoms with Crippen molar-refractivity contribution < 1.29 is 5.11 Å². The number of aromatic hydroxyl groups is 1. The lowest BCUT2D eigenvalue weighted by Crippen LogP contribution is -2.50. The van der Waals surface area contributed by atoms with E-state index in [0.29, 0.717) is 5.75 Å². The Kier molecular flexibility index (Phi) is 4.90. The van der Waals surface area contributed by atoms with E-state index in [1.165, 1.54) is 11.1 Å². The maximum Gasteiger partial charge on any atom is 0.173 e. The lowest BCUT2D eigenvalue weighted by Gasteiger charge is -2.37. The third kappa shape index (κ3) is 3.79. The van der Waals surface area contributed by atoms with E-state index in [-0.39, 0.29) is 0 Å². The van der Waals surface area contributed by atoms with E-state index in [0.717, 1.165) is 42.7 Å². The molecular weight excluding hydrogens is 318 g/mol. The third-order valence-corrected chi connectivity index (χ3v) is 4.78. The van der Waals surface area contributed by atoms with Crippen LogP contribution in [0.2, 0.25) is 0 Å².